The molecule has 0 aromatic heterocycles. The van der Waals surface area contributed by atoms with Gasteiger partial charge < -0.3 is 0 Å². The molecule has 0 aliphatic rings. The SMILES string of the molecule is CCc1cccc([O][In])c1CC. The van der Waals surface area contributed by atoms with E-state index in [0.717, 1.165) is 43.4 Å². The Morgan fingerprint density at radius 3 is 2.50 bits per heavy atom. The van der Waals surface area contributed by atoms with Crippen molar-refractivity contribution < 1.29 is 2.85 Å². The predicted octanol–water partition coefficient (Wildman–Crippen LogP) is 2.27. The van der Waals surface area contributed by atoms with Crippen LogP contribution in [0.4, 0.5) is 0 Å². The second kappa shape index (κ2) is 4.80. The number of rotatable bonds is 3. The topological polar surface area (TPSA) is 9.23 Å². The molecule has 2 heteroatoms. The fraction of sp³-hybridized carbons (Fsp3) is 0.400. The van der Waals surface area contributed by atoms with Crippen LogP contribution in [0.3, 0.4) is 0 Å². The summed E-state index contributed by atoms with van der Waals surface area (Å²) in [5, 5.41) is 0. The van der Waals surface area contributed by atoms with E-state index in [-0.39, 0.29) is 0 Å². The van der Waals surface area contributed by atoms with Crippen LogP contribution < -0.4 is 2.85 Å². The van der Waals surface area contributed by atoms with Gasteiger partial charge in [-0.2, -0.15) is 0 Å². The van der Waals surface area contributed by atoms with E-state index in [1.54, 1.807) is 0 Å². The molecule has 0 aliphatic heterocycles. The first-order valence-corrected chi connectivity index (χ1v) is 5.65. The third kappa shape index (κ3) is 1.98. The molecule has 0 saturated heterocycles. The van der Waals surface area contributed by atoms with Crippen LogP contribution in [0.15, 0.2) is 18.2 Å². The Kier molecular flexibility index (Phi) is 3.99. The van der Waals surface area contributed by atoms with E-state index in [4.69, 9.17) is 2.85 Å². The molecule has 0 fully saturated rings. The molecule has 0 unspecified atom stereocenters. The average Bonchev–Trinajstić information content (AvgIpc) is 2.16. The van der Waals surface area contributed by atoms with Gasteiger partial charge in [0.15, 0.2) is 0 Å². The molecule has 2 radical (unpaired) electrons. The van der Waals surface area contributed by atoms with Crippen molar-refractivity contribution in [1.82, 2.24) is 0 Å². The quantitative estimate of drug-likeness (QED) is 0.813. The zero-order valence-electron chi connectivity index (χ0n) is 7.63. The molecule has 0 bridgehead atoms. The van der Waals surface area contributed by atoms with Crippen molar-refractivity contribution in [3.63, 3.8) is 0 Å². The first kappa shape index (κ1) is 9.97. The van der Waals surface area contributed by atoms with E-state index in [0.29, 0.717) is 0 Å². The summed E-state index contributed by atoms with van der Waals surface area (Å²) in [4.78, 5) is 0. The minimum absolute atomic E-state index is 0.841. The summed E-state index contributed by atoms with van der Waals surface area (Å²) in [6.45, 7) is 4.36. The van der Waals surface area contributed by atoms with Crippen molar-refractivity contribution in [3.8, 4) is 5.75 Å². The van der Waals surface area contributed by atoms with Gasteiger partial charge in [-0.15, -0.1) is 0 Å². The summed E-state index contributed by atoms with van der Waals surface area (Å²) >= 11 is 0.841. The summed E-state index contributed by atoms with van der Waals surface area (Å²) < 4.78 is 5.41. The Bertz CT molecular complexity index is 236. The van der Waals surface area contributed by atoms with Crippen LogP contribution in [0.1, 0.15) is 25.0 Å². The van der Waals surface area contributed by atoms with Crippen LogP contribution in [0.2, 0.25) is 0 Å². The molecule has 1 aromatic rings. The van der Waals surface area contributed by atoms with Crippen molar-refractivity contribution in [2.24, 2.45) is 0 Å². The first-order valence-electron chi connectivity index (χ1n) is 4.31. The Labute approximate surface area is 89.3 Å². The summed E-state index contributed by atoms with van der Waals surface area (Å²) in [6.07, 6.45) is 2.17. The molecule has 0 N–H and O–H groups in total. The van der Waals surface area contributed by atoms with Gasteiger partial charge in [0, 0.05) is 0 Å². The van der Waals surface area contributed by atoms with Crippen molar-refractivity contribution >= 4 is 24.8 Å². The van der Waals surface area contributed by atoms with E-state index in [1.807, 2.05) is 0 Å². The first-order chi connectivity index (χ1) is 5.83. The fourth-order valence-corrected chi connectivity index (χ4v) is 2.08. The van der Waals surface area contributed by atoms with Crippen molar-refractivity contribution in [2.75, 3.05) is 0 Å². The van der Waals surface area contributed by atoms with Crippen LogP contribution >= 0.6 is 0 Å². The minimum atomic E-state index is 0.841. The molecule has 0 amide bonds. The molecule has 0 heterocycles. The molecule has 1 rings (SSSR count). The van der Waals surface area contributed by atoms with Crippen LogP contribution in [0, 0.1) is 0 Å². The maximum absolute atomic E-state index is 5.41. The molecular weight excluding hydrogens is 251 g/mol. The van der Waals surface area contributed by atoms with E-state index in [9.17, 15) is 0 Å². The zero-order valence-corrected chi connectivity index (χ0v) is 10.9. The van der Waals surface area contributed by atoms with Gasteiger partial charge in [-0.1, -0.05) is 0 Å². The van der Waals surface area contributed by atoms with E-state index >= 15 is 0 Å². The second-order valence-corrected chi connectivity index (χ2v) is 3.39. The van der Waals surface area contributed by atoms with Crippen LogP contribution in [0.25, 0.3) is 0 Å². The molecule has 0 aliphatic carbocycles. The molecule has 62 valence electrons. The van der Waals surface area contributed by atoms with Crippen LogP contribution in [-0.2, 0) is 12.8 Å². The molecule has 0 spiro atoms. The molecular formula is C10H13InO. The molecule has 0 atom stereocenters. The Morgan fingerprint density at radius 1 is 1.25 bits per heavy atom. The number of hydrogen-bond acceptors (Lipinski definition) is 1. The van der Waals surface area contributed by atoms with Gasteiger partial charge in [0.1, 0.15) is 0 Å². The van der Waals surface area contributed by atoms with Gasteiger partial charge in [0.25, 0.3) is 0 Å². The maximum atomic E-state index is 5.41. The van der Waals surface area contributed by atoms with E-state index in [1.165, 1.54) is 11.1 Å². The van der Waals surface area contributed by atoms with Gasteiger partial charge in [-0.3, -0.25) is 0 Å². The number of hydrogen-bond donors (Lipinski definition) is 0. The third-order valence-electron chi connectivity index (χ3n) is 2.09. The zero-order chi connectivity index (χ0) is 8.97. The molecule has 1 nitrogen and oxygen atoms in total. The second-order valence-electron chi connectivity index (χ2n) is 2.72. The summed E-state index contributed by atoms with van der Waals surface area (Å²) in [7, 11) is 0. The molecule has 1 aromatic carbocycles. The van der Waals surface area contributed by atoms with Gasteiger partial charge >= 0.3 is 89.4 Å². The van der Waals surface area contributed by atoms with Crippen molar-refractivity contribution in [2.45, 2.75) is 26.7 Å². The Balaban J connectivity index is 3.13. The van der Waals surface area contributed by atoms with Gasteiger partial charge in [0.2, 0.25) is 0 Å². The van der Waals surface area contributed by atoms with Gasteiger partial charge in [-0.25, -0.2) is 0 Å². The van der Waals surface area contributed by atoms with E-state index < -0.39 is 0 Å². The normalized spacial score (nSPS) is 9.83. The summed E-state index contributed by atoms with van der Waals surface area (Å²) in [6, 6.07) is 6.31. The van der Waals surface area contributed by atoms with Crippen molar-refractivity contribution in [3.05, 3.63) is 29.3 Å². The number of aryl methyl sites for hydroxylation is 1. The number of benzene rings is 1. The average molecular weight is 264 g/mol. The third-order valence-corrected chi connectivity index (χ3v) is 2.82. The van der Waals surface area contributed by atoms with Crippen LogP contribution in [0.5, 0.6) is 5.75 Å². The van der Waals surface area contributed by atoms with Crippen molar-refractivity contribution in [1.29, 1.82) is 0 Å². The fourth-order valence-electron chi connectivity index (χ4n) is 1.45. The molecule has 0 saturated carbocycles. The van der Waals surface area contributed by atoms with Gasteiger partial charge in [-0.05, 0) is 0 Å². The monoisotopic (exact) mass is 264 g/mol. The summed E-state index contributed by atoms with van der Waals surface area (Å²) in [5.74, 6) is 1.08. The molecule has 12 heavy (non-hydrogen) atoms. The standard InChI is InChI=1S/C10H14O.In/c1-3-8-6-5-7-10(11)9(8)4-2;/h5-7,11H,3-4H2,1-2H3;/q;+1/p-1. The predicted molar refractivity (Wildman–Crippen MR) is 51.6 cm³/mol. The Morgan fingerprint density at radius 2 is 2.00 bits per heavy atom. The van der Waals surface area contributed by atoms with Gasteiger partial charge in [0.05, 0.1) is 0 Å². The summed E-state index contributed by atoms with van der Waals surface area (Å²) in [5.41, 5.74) is 2.80. The Hall–Kier alpha value is -0.110. The van der Waals surface area contributed by atoms with Crippen LogP contribution in [-0.4, -0.2) is 24.8 Å². The van der Waals surface area contributed by atoms with E-state index in [2.05, 4.69) is 32.0 Å².